The van der Waals surface area contributed by atoms with Crippen LogP contribution in [-0.4, -0.2) is 28.1 Å². The Morgan fingerprint density at radius 2 is 1.82 bits per heavy atom. The molecule has 3 rings (SSSR count). The van der Waals surface area contributed by atoms with Gasteiger partial charge in [-0.05, 0) is 35.4 Å². The van der Waals surface area contributed by atoms with Gasteiger partial charge in [-0.2, -0.15) is 5.10 Å². The Bertz CT molecular complexity index is 919. The van der Waals surface area contributed by atoms with E-state index in [-0.39, 0.29) is 24.3 Å². The number of carbonyl (C=O) groups is 2. The smallest absolute Gasteiger partial charge is 0.247 e. The first kappa shape index (κ1) is 19.1. The molecule has 0 aliphatic carbocycles. The van der Waals surface area contributed by atoms with Gasteiger partial charge in [0.1, 0.15) is 0 Å². The van der Waals surface area contributed by atoms with Crippen molar-refractivity contribution in [1.82, 2.24) is 15.1 Å². The molecule has 0 aliphatic heterocycles. The van der Waals surface area contributed by atoms with E-state index < -0.39 is 0 Å². The third-order valence-corrected chi connectivity index (χ3v) is 4.29. The van der Waals surface area contributed by atoms with E-state index in [0.29, 0.717) is 12.2 Å². The summed E-state index contributed by atoms with van der Waals surface area (Å²) in [5.41, 5.74) is 2.61. The first-order valence-corrected chi connectivity index (χ1v) is 8.99. The zero-order valence-electron chi connectivity index (χ0n) is 15.4. The molecule has 0 fully saturated rings. The second-order valence-corrected chi connectivity index (χ2v) is 6.28. The van der Waals surface area contributed by atoms with E-state index in [1.807, 2.05) is 59.4 Å². The van der Waals surface area contributed by atoms with Crippen LogP contribution in [0.5, 0.6) is 0 Å². The summed E-state index contributed by atoms with van der Waals surface area (Å²) >= 11 is 0. The summed E-state index contributed by atoms with van der Waals surface area (Å²) < 4.78 is 1.84. The highest BCUT2D eigenvalue weighted by molar-refractivity contribution is 5.98. The van der Waals surface area contributed by atoms with Crippen LogP contribution in [-0.2, 0) is 16.0 Å². The molecule has 0 spiro atoms. The van der Waals surface area contributed by atoms with E-state index in [0.717, 1.165) is 11.1 Å². The maximum absolute atomic E-state index is 12.4. The summed E-state index contributed by atoms with van der Waals surface area (Å²) in [6, 6.07) is 18.9. The van der Waals surface area contributed by atoms with E-state index in [1.54, 1.807) is 18.3 Å². The highest BCUT2D eigenvalue weighted by Crippen LogP contribution is 2.16. The molecule has 1 atom stereocenters. The van der Waals surface area contributed by atoms with Crippen LogP contribution in [0.2, 0.25) is 0 Å². The molecule has 1 heterocycles. The van der Waals surface area contributed by atoms with E-state index in [4.69, 9.17) is 0 Å². The number of hydrogen-bond donors (Lipinski definition) is 2. The molecule has 2 amide bonds. The van der Waals surface area contributed by atoms with Crippen molar-refractivity contribution in [2.75, 3.05) is 11.9 Å². The van der Waals surface area contributed by atoms with Crippen LogP contribution in [0.3, 0.4) is 0 Å². The second-order valence-electron chi connectivity index (χ2n) is 6.28. The molecule has 0 bridgehead atoms. The zero-order valence-corrected chi connectivity index (χ0v) is 15.4. The lowest BCUT2D eigenvalue weighted by molar-refractivity contribution is -0.120. The molecule has 1 aromatic heterocycles. The molecule has 2 N–H and O–H groups in total. The van der Waals surface area contributed by atoms with Crippen molar-refractivity contribution in [2.24, 2.45) is 0 Å². The summed E-state index contributed by atoms with van der Waals surface area (Å²) in [6.45, 7) is 3.86. The fourth-order valence-electron chi connectivity index (χ4n) is 2.86. The number of benzene rings is 2. The number of amides is 2. The quantitative estimate of drug-likeness (QED) is 0.595. The molecule has 28 heavy (non-hydrogen) atoms. The van der Waals surface area contributed by atoms with Crippen LogP contribution in [0, 0.1) is 0 Å². The minimum atomic E-state index is -0.268. The number of carbonyl (C=O) groups excluding carboxylic acids is 2. The Balaban J connectivity index is 1.59. The van der Waals surface area contributed by atoms with Crippen LogP contribution in [0.15, 0.2) is 85.7 Å². The van der Waals surface area contributed by atoms with Gasteiger partial charge in [0.25, 0.3) is 0 Å². The van der Waals surface area contributed by atoms with Gasteiger partial charge in [-0.1, -0.05) is 49.0 Å². The number of nitrogens with zero attached hydrogens (tertiary/aromatic N) is 2. The monoisotopic (exact) mass is 374 g/mol. The molecule has 3 aromatic rings. The Labute approximate surface area is 163 Å². The zero-order chi connectivity index (χ0) is 19.8. The normalized spacial score (nSPS) is 11.4. The van der Waals surface area contributed by atoms with Gasteiger partial charge in [0.2, 0.25) is 11.8 Å². The minimum absolute atomic E-state index is 0.0726. The number of rotatable bonds is 8. The van der Waals surface area contributed by atoms with E-state index >= 15 is 0 Å². The Kier molecular flexibility index (Phi) is 6.36. The molecule has 0 aliphatic rings. The topological polar surface area (TPSA) is 76.0 Å². The highest BCUT2D eigenvalue weighted by atomic mass is 16.2. The van der Waals surface area contributed by atoms with Crippen molar-refractivity contribution in [2.45, 2.75) is 12.5 Å². The Morgan fingerprint density at radius 1 is 1.07 bits per heavy atom. The fourth-order valence-corrected chi connectivity index (χ4v) is 2.86. The molecule has 2 aromatic carbocycles. The van der Waals surface area contributed by atoms with Crippen molar-refractivity contribution in [3.63, 3.8) is 0 Å². The van der Waals surface area contributed by atoms with Crippen LogP contribution in [0.25, 0.3) is 0 Å². The van der Waals surface area contributed by atoms with Gasteiger partial charge in [-0.25, -0.2) is 0 Å². The number of hydrogen-bond acceptors (Lipinski definition) is 3. The van der Waals surface area contributed by atoms with Gasteiger partial charge in [-0.15, -0.1) is 0 Å². The summed E-state index contributed by atoms with van der Waals surface area (Å²) in [6.07, 6.45) is 5.09. The lowest BCUT2D eigenvalue weighted by Gasteiger charge is -2.19. The molecule has 6 nitrogen and oxygen atoms in total. The Hall–Kier alpha value is -3.67. The Morgan fingerprint density at radius 3 is 2.46 bits per heavy atom. The highest BCUT2D eigenvalue weighted by Gasteiger charge is 2.15. The molecule has 0 saturated heterocycles. The predicted octanol–water partition coefficient (Wildman–Crippen LogP) is 2.96. The predicted molar refractivity (Wildman–Crippen MR) is 109 cm³/mol. The number of nitrogens with one attached hydrogen (secondary N) is 2. The number of anilines is 1. The second kappa shape index (κ2) is 9.32. The average molecular weight is 374 g/mol. The SMILES string of the molecule is C=CC(=O)Nc1ccc(CC(=O)NCC(c2ccccc2)n2cccn2)cc1. The summed E-state index contributed by atoms with van der Waals surface area (Å²) in [4.78, 5) is 23.7. The summed E-state index contributed by atoms with van der Waals surface area (Å²) in [5, 5.41) is 9.99. The third kappa shape index (κ3) is 5.17. The first-order valence-electron chi connectivity index (χ1n) is 8.99. The summed E-state index contributed by atoms with van der Waals surface area (Å²) in [7, 11) is 0. The third-order valence-electron chi connectivity index (χ3n) is 4.29. The first-order chi connectivity index (χ1) is 13.7. The van der Waals surface area contributed by atoms with E-state index in [2.05, 4.69) is 22.3 Å². The van der Waals surface area contributed by atoms with Gasteiger partial charge < -0.3 is 10.6 Å². The van der Waals surface area contributed by atoms with Gasteiger partial charge in [0.15, 0.2) is 0 Å². The fraction of sp³-hybridized carbons (Fsp3) is 0.136. The molecule has 0 saturated carbocycles. The molecular formula is C22H22N4O2. The molecule has 1 unspecified atom stereocenters. The minimum Gasteiger partial charge on any atom is -0.353 e. The molecule has 0 radical (unpaired) electrons. The van der Waals surface area contributed by atoms with Crippen molar-refractivity contribution in [3.8, 4) is 0 Å². The standard InChI is InChI=1S/C22H22N4O2/c1-2-21(27)25-19-11-9-17(10-12-19)15-22(28)23-16-20(26-14-6-13-24-26)18-7-4-3-5-8-18/h2-14,20H,1,15-16H2,(H,23,28)(H,25,27). The van der Waals surface area contributed by atoms with E-state index in [1.165, 1.54) is 6.08 Å². The summed E-state index contributed by atoms with van der Waals surface area (Å²) in [5.74, 6) is -0.341. The van der Waals surface area contributed by atoms with Crippen molar-refractivity contribution in [3.05, 3.63) is 96.8 Å². The van der Waals surface area contributed by atoms with E-state index in [9.17, 15) is 9.59 Å². The van der Waals surface area contributed by atoms with Crippen molar-refractivity contribution in [1.29, 1.82) is 0 Å². The maximum atomic E-state index is 12.4. The van der Waals surface area contributed by atoms with Gasteiger partial charge >= 0.3 is 0 Å². The number of aromatic nitrogens is 2. The van der Waals surface area contributed by atoms with Crippen LogP contribution in [0.1, 0.15) is 17.2 Å². The van der Waals surface area contributed by atoms with Gasteiger partial charge in [-0.3, -0.25) is 14.3 Å². The van der Waals surface area contributed by atoms with Crippen LogP contribution in [0.4, 0.5) is 5.69 Å². The van der Waals surface area contributed by atoms with Gasteiger partial charge in [0.05, 0.1) is 12.5 Å². The lowest BCUT2D eigenvalue weighted by atomic mass is 10.1. The molecular weight excluding hydrogens is 352 g/mol. The average Bonchev–Trinajstić information content (AvgIpc) is 3.25. The molecule has 142 valence electrons. The maximum Gasteiger partial charge on any atom is 0.247 e. The van der Waals surface area contributed by atoms with Crippen molar-refractivity contribution < 1.29 is 9.59 Å². The van der Waals surface area contributed by atoms with Crippen molar-refractivity contribution >= 4 is 17.5 Å². The largest absolute Gasteiger partial charge is 0.353 e. The lowest BCUT2D eigenvalue weighted by Crippen LogP contribution is -2.32. The van der Waals surface area contributed by atoms with Gasteiger partial charge in [0, 0.05) is 24.6 Å². The molecule has 6 heteroatoms. The van der Waals surface area contributed by atoms with Crippen LogP contribution < -0.4 is 10.6 Å². The van der Waals surface area contributed by atoms with Crippen LogP contribution >= 0.6 is 0 Å².